The molecule has 0 saturated carbocycles. The van der Waals surface area contributed by atoms with E-state index in [0.29, 0.717) is 29.6 Å². The van der Waals surface area contributed by atoms with Crippen LogP contribution >= 0.6 is 0 Å². The molecule has 0 spiro atoms. The summed E-state index contributed by atoms with van der Waals surface area (Å²) in [5.41, 5.74) is 2.64. The van der Waals surface area contributed by atoms with E-state index in [2.05, 4.69) is 20.9 Å². The Labute approximate surface area is 269 Å². The predicted octanol–water partition coefficient (Wildman–Crippen LogP) is 6.66. The summed E-state index contributed by atoms with van der Waals surface area (Å²) in [6, 6.07) is 21.0. The summed E-state index contributed by atoms with van der Waals surface area (Å²) in [5.74, 6) is -1.11. The maximum absolute atomic E-state index is 13.5. The molecule has 3 aromatic carbocycles. The third-order valence-electron chi connectivity index (χ3n) is 8.12. The standard InChI is InChI=1S/C36H41FN4O5/c1-36(2,3)46-35(44)40-32-7-5-4-6-31(32)39-33(42)17-10-24-8-11-25(12-9-24)29-22-41(28-18-20-45-21-19-28)23-30(29)34(43)38-27-15-13-26(37)14-16-27/h4-17,28-30H,18-23H2,1-3H3,(H,38,43)(H,39,42)(H,40,44). The molecule has 0 aromatic heterocycles. The SMILES string of the molecule is CC(C)(C)OC(=O)Nc1ccccc1NC(=O)C=Cc1ccc(C2CN(C3CCOCC3)CC2C(=O)Nc2ccc(F)cc2)cc1. The molecule has 2 heterocycles. The number of para-hydroxylation sites is 2. The zero-order chi connectivity index (χ0) is 32.7. The first-order chi connectivity index (χ1) is 22.0. The first kappa shape index (κ1) is 32.8. The van der Waals surface area contributed by atoms with Crippen molar-refractivity contribution in [3.8, 4) is 0 Å². The number of hydrogen-bond acceptors (Lipinski definition) is 6. The number of rotatable bonds is 8. The summed E-state index contributed by atoms with van der Waals surface area (Å²) in [6.45, 7) is 8.15. The number of anilines is 3. The van der Waals surface area contributed by atoms with E-state index in [4.69, 9.17) is 9.47 Å². The molecular formula is C36H41FN4O5. The van der Waals surface area contributed by atoms with Crippen LogP contribution in [0.5, 0.6) is 0 Å². The van der Waals surface area contributed by atoms with Crippen molar-refractivity contribution >= 4 is 41.0 Å². The van der Waals surface area contributed by atoms with Gasteiger partial charge in [0.15, 0.2) is 0 Å². The fraction of sp³-hybridized carbons (Fsp3) is 0.361. The molecule has 3 N–H and O–H groups in total. The first-order valence-corrected chi connectivity index (χ1v) is 15.6. The Balaban J connectivity index is 1.25. The summed E-state index contributed by atoms with van der Waals surface area (Å²) >= 11 is 0. The highest BCUT2D eigenvalue weighted by atomic mass is 19.1. The van der Waals surface area contributed by atoms with Gasteiger partial charge in [0.25, 0.3) is 0 Å². The number of carbonyl (C=O) groups excluding carboxylic acids is 3. The third-order valence-corrected chi connectivity index (χ3v) is 8.12. The van der Waals surface area contributed by atoms with Gasteiger partial charge in [0, 0.05) is 50.0 Å². The minimum atomic E-state index is -0.653. The summed E-state index contributed by atoms with van der Waals surface area (Å²) in [5, 5.41) is 8.46. The average Bonchev–Trinajstić information content (AvgIpc) is 3.48. The van der Waals surface area contributed by atoms with E-state index < -0.39 is 11.7 Å². The molecule has 2 unspecified atom stereocenters. The highest BCUT2D eigenvalue weighted by Crippen LogP contribution is 2.36. The molecule has 2 aliphatic rings. The molecule has 0 aliphatic carbocycles. The van der Waals surface area contributed by atoms with Crippen molar-refractivity contribution in [2.75, 3.05) is 42.3 Å². The number of nitrogens with one attached hydrogen (secondary N) is 3. The van der Waals surface area contributed by atoms with Crippen LogP contribution in [-0.4, -0.2) is 60.8 Å². The molecule has 9 nitrogen and oxygen atoms in total. The van der Waals surface area contributed by atoms with E-state index in [1.807, 2.05) is 24.3 Å². The summed E-state index contributed by atoms with van der Waals surface area (Å²) in [7, 11) is 0. The van der Waals surface area contributed by atoms with Gasteiger partial charge in [-0.1, -0.05) is 36.4 Å². The Morgan fingerprint density at radius 3 is 2.17 bits per heavy atom. The summed E-state index contributed by atoms with van der Waals surface area (Å²) < 4.78 is 24.3. The van der Waals surface area contributed by atoms with Gasteiger partial charge in [0.2, 0.25) is 11.8 Å². The van der Waals surface area contributed by atoms with Gasteiger partial charge < -0.3 is 20.1 Å². The Bertz CT molecular complexity index is 1550. The maximum atomic E-state index is 13.5. The number of carbonyl (C=O) groups is 3. The van der Waals surface area contributed by atoms with Crippen LogP contribution in [0.2, 0.25) is 0 Å². The van der Waals surface area contributed by atoms with E-state index in [0.717, 1.165) is 43.7 Å². The highest BCUT2D eigenvalue weighted by molar-refractivity contribution is 6.05. The lowest BCUT2D eigenvalue weighted by atomic mass is 9.88. The molecule has 0 bridgehead atoms. The fourth-order valence-electron chi connectivity index (χ4n) is 5.87. The molecule has 2 aliphatic heterocycles. The van der Waals surface area contributed by atoms with Gasteiger partial charge in [0.05, 0.1) is 17.3 Å². The lowest BCUT2D eigenvalue weighted by Gasteiger charge is -2.31. The maximum Gasteiger partial charge on any atom is 0.412 e. The van der Waals surface area contributed by atoms with Crippen LogP contribution in [0.25, 0.3) is 6.08 Å². The molecular weight excluding hydrogens is 587 g/mol. The largest absolute Gasteiger partial charge is 0.444 e. The predicted molar refractivity (Wildman–Crippen MR) is 177 cm³/mol. The second-order valence-corrected chi connectivity index (χ2v) is 12.7. The minimum absolute atomic E-state index is 0.0291. The normalized spacial score (nSPS) is 19.1. The molecule has 3 aromatic rings. The quantitative estimate of drug-likeness (QED) is 0.241. The van der Waals surface area contributed by atoms with Crippen LogP contribution in [0.1, 0.15) is 50.7 Å². The van der Waals surface area contributed by atoms with E-state index in [1.54, 1.807) is 63.2 Å². The van der Waals surface area contributed by atoms with Gasteiger partial charge in [-0.05, 0) is 87.2 Å². The molecule has 46 heavy (non-hydrogen) atoms. The van der Waals surface area contributed by atoms with Crippen LogP contribution in [0.15, 0.2) is 78.9 Å². The molecule has 3 amide bonds. The minimum Gasteiger partial charge on any atom is -0.444 e. The van der Waals surface area contributed by atoms with Gasteiger partial charge in [-0.2, -0.15) is 0 Å². The second-order valence-electron chi connectivity index (χ2n) is 12.7. The van der Waals surface area contributed by atoms with Crippen molar-refractivity contribution in [3.63, 3.8) is 0 Å². The number of ether oxygens (including phenoxy) is 2. The smallest absolute Gasteiger partial charge is 0.412 e. The molecule has 2 saturated heterocycles. The van der Waals surface area contributed by atoms with Crippen molar-refractivity contribution in [3.05, 3.63) is 95.8 Å². The Morgan fingerprint density at radius 1 is 0.870 bits per heavy atom. The zero-order valence-electron chi connectivity index (χ0n) is 26.4. The first-order valence-electron chi connectivity index (χ1n) is 15.6. The Hall–Kier alpha value is -4.54. The molecule has 242 valence electrons. The van der Waals surface area contributed by atoms with E-state index >= 15 is 0 Å². The molecule has 10 heteroatoms. The van der Waals surface area contributed by atoms with Crippen LogP contribution in [0.4, 0.5) is 26.2 Å². The van der Waals surface area contributed by atoms with E-state index in [9.17, 15) is 18.8 Å². The zero-order valence-corrected chi connectivity index (χ0v) is 26.4. The lowest BCUT2D eigenvalue weighted by molar-refractivity contribution is -0.120. The van der Waals surface area contributed by atoms with Crippen molar-refractivity contribution in [1.29, 1.82) is 0 Å². The van der Waals surface area contributed by atoms with Crippen molar-refractivity contribution in [2.24, 2.45) is 5.92 Å². The Morgan fingerprint density at radius 2 is 1.52 bits per heavy atom. The third kappa shape index (κ3) is 9.02. The number of amides is 3. The van der Waals surface area contributed by atoms with Crippen molar-refractivity contribution in [1.82, 2.24) is 4.90 Å². The second kappa shape index (κ2) is 14.7. The molecule has 5 rings (SSSR count). The Kier molecular flexibility index (Phi) is 10.5. The fourth-order valence-corrected chi connectivity index (χ4v) is 5.87. The highest BCUT2D eigenvalue weighted by Gasteiger charge is 2.41. The number of nitrogens with zero attached hydrogens (tertiary/aromatic N) is 1. The number of halogens is 1. The van der Waals surface area contributed by atoms with E-state index in [1.165, 1.54) is 18.2 Å². The van der Waals surface area contributed by atoms with Crippen molar-refractivity contribution < 1.29 is 28.2 Å². The van der Waals surface area contributed by atoms with Crippen LogP contribution < -0.4 is 16.0 Å². The lowest BCUT2D eigenvalue weighted by Crippen LogP contribution is -2.38. The summed E-state index contributed by atoms with van der Waals surface area (Å²) in [4.78, 5) is 40.9. The number of likely N-dealkylation sites (tertiary alicyclic amines) is 1. The van der Waals surface area contributed by atoms with Gasteiger partial charge in [0.1, 0.15) is 11.4 Å². The topological polar surface area (TPSA) is 109 Å². The van der Waals surface area contributed by atoms with Crippen LogP contribution in [-0.2, 0) is 19.1 Å². The van der Waals surface area contributed by atoms with Crippen molar-refractivity contribution in [2.45, 2.75) is 51.2 Å². The van der Waals surface area contributed by atoms with Crippen LogP contribution in [0, 0.1) is 11.7 Å². The molecule has 0 radical (unpaired) electrons. The number of hydrogen-bond donors (Lipinski definition) is 3. The van der Waals surface area contributed by atoms with Crippen LogP contribution in [0.3, 0.4) is 0 Å². The van der Waals surface area contributed by atoms with Gasteiger partial charge >= 0.3 is 6.09 Å². The summed E-state index contributed by atoms with van der Waals surface area (Å²) in [6.07, 6.45) is 4.41. The van der Waals surface area contributed by atoms with Gasteiger partial charge in [-0.15, -0.1) is 0 Å². The molecule has 2 atom stereocenters. The monoisotopic (exact) mass is 628 g/mol. The van der Waals surface area contributed by atoms with Gasteiger partial charge in [-0.3, -0.25) is 19.8 Å². The van der Waals surface area contributed by atoms with Gasteiger partial charge in [-0.25, -0.2) is 9.18 Å². The average molecular weight is 629 g/mol. The van der Waals surface area contributed by atoms with E-state index in [-0.39, 0.29) is 29.5 Å². The molecule has 2 fully saturated rings. The number of benzene rings is 3.